The third-order valence-corrected chi connectivity index (χ3v) is 9.61. The molecule has 2 N–H and O–H groups in total. The number of fused-ring (bicyclic) bond motifs is 3. The molecule has 11 heteroatoms. The largest absolute Gasteiger partial charge is 0.508 e. The molecule has 0 aliphatic carbocycles. The number of anilines is 1. The van der Waals surface area contributed by atoms with Gasteiger partial charge >= 0.3 is 6.01 Å². The van der Waals surface area contributed by atoms with E-state index in [1.807, 2.05) is 11.8 Å². The fourth-order valence-electron chi connectivity index (χ4n) is 7.60. The molecule has 44 heavy (non-hydrogen) atoms. The number of aromatic nitrogens is 3. The Morgan fingerprint density at radius 3 is 2.73 bits per heavy atom. The monoisotopic (exact) mass is 607 g/mol. The molecule has 232 valence electrons. The summed E-state index contributed by atoms with van der Waals surface area (Å²) in [6.45, 7) is 5.79. The molecule has 3 aliphatic heterocycles. The van der Waals surface area contributed by atoms with E-state index in [2.05, 4.69) is 14.9 Å². The minimum atomic E-state index is -0.965. The molecule has 8 nitrogen and oxygen atoms in total. The van der Waals surface area contributed by atoms with Crippen molar-refractivity contribution in [3.05, 3.63) is 47.7 Å². The Morgan fingerprint density at radius 1 is 1.11 bits per heavy atom. The molecule has 0 amide bonds. The summed E-state index contributed by atoms with van der Waals surface area (Å²) in [5, 5.41) is 22.8. The zero-order valence-corrected chi connectivity index (χ0v) is 24.9. The lowest BCUT2D eigenvalue weighted by atomic mass is 9.94. The molecule has 0 spiro atoms. The summed E-state index contributed by atoms with van der Waals surface area (Å²) in [5.41, 5.74) is -0.898. The zero-order chi connectivity index (χ0) is 30.8. The number of ether oxygens (including phenoxy) is 1. The Bertz CT molecular complexity index is 1770. The van der Waals surface area contributed by atoms with Crippen molar-refractivity contribution < 1.29 is 28.1 Å². The molecule has 3 atom stereocenters. The number of pyridine rings is 1. The number of hydrogen-bond acceptors (Lipinski definition) is 8. The first-order valence-corrected chi connectivity index (χ1v) is 15.4. The molecule has 7 rings (SSSR count). The molecule has 0 bridgehead atoms. The van der Waals surface area contributed by atoms with Crippen LogP contribution in [-0.4, -0.2) is 80.2 Å². The highest BCUT2D eigenvalue weighted by Gasteiger charge is 2.49. The highest BCUT2D eigenvalue weighted by atomic mass is 19.1. The zero-order valence-electron chi connectivity index (χ0n) is 24.9. The van der Waals surface area contributed by atoms with Gasteiger partial charge in [-0.25, -0.2) is 13.2 Å². The van der Waals surface area contributed by atoms with Crippen molar-refractivity contribution >= 4 is 27.5 Å². The molecule has 3 fully saturated rings. The fraction of sp³-hybridized carbons (Fsp3) is 0.485. The summed E-state index contributed by atoms with van der Waals surface area (Å²) >= 11 is 0. The lowest BCUT2D eigenvalue weighted by Crippen LogP contribution is -2.46. The Kier molecular flexibility index (Phi) is 7.08. The number of benzene rings is 2. The van der Waals surface area contributed by atoms with Gasteiger partial charge in [-0.1, -0.05) is 13.0 Å². The second-order valence-corrected chi connectivity index (χ2v) is 12.9. The van der Waals surface area contributed by atoms with Gasteiger partial charge in [0.15, 0.2) is 5.82 Å². The number of nitrogens with zero attached hydrogens (tertiary/aromatic N) is 5. The standard InChI is InChI=1S/C33H36F3N5O3/c1-3-22-25(35)7-6-19-12-21(42)13-23(26(19)22)28-27(36)29-24(15-37-28)30(40-10-4-8-32(2,43)17-40)39-31(38-29)44-18-33-9-5-11-41(33)16-20(34)14-33/h6-7,12-13,15,20,42-43H,3-5,8-11,14,16-18H2,1-2H3/t20-,32?,33?/m1/s1. The van der Waals surface area contributed by atoms with Crippen LogP contribution >= 0.6 is 0 Å². The van der Waals surface area contributed by atoms with Gasteiger partial charge in [0.05, 0.1) is 16.5 Å². The van der Waals surface area contributed by atoms with Crippen molar-refractivity contribution in [2.24, 2.45) is 0 Å². The van der Waals surface area contributed by atoms with Gasteiger partial charge in [-0.2, -0.15) is 9.97 Å². The van der Waals surface area contributed by atoms with Crippen LogP contribution in [0.15, 0.2) is 30.5 Å². The predicted octanol–water partition coefficient (Wildman–Crippen LogP) is 5.70. The second kappa shape index (κ2) is 10.7. The minimum Gasteiger partial charge on any atom is -0.508 e. The van der Waals surface area contributed by atoms with E-state index >= 15 is 4.39 Å². The van der Waals surface area contributed by atoms with Gasteiger partial charge in [0.2, 0.25) is 0 Å². The average Bonchev–Trinajstić information content (AvgIpc) is 3.51. The summed E-state index contributed by atoms with van der Waals surface area (Å²) in [5.74, 6) is -0.898. The Balaban J connectivity index is 1.38. The molecule has 2 aromatic carbocycles. The van der Waals surface area contributed by atoms with E-state index < -0.39 is 28.9 Å². The SMILES string of the molecule is CCc1c(F)ccc2cc(O)cc(-c3ncc4c(N5CCCC(C)(O)C5)nc(OCC56CCCN5C[C@H](F)C6)nc4c3F)c12. The number of phenols is 1. The van der Waals surface area contributed by atoms with E-state index in [-0.39, 0.29) is 41.7 Å². The van der Waals surface area contributed by atoms with Gasteiger partial charge in [-0.3, -0.25) is 9.88 Å². The van der Waals surface area contributed by atoms with Crippen molar-refractivity contribution in [2.45, 2.75) is 69.7 Å². The number of aliphatic hydroxyl groups is 1. The quantitative estimate of drug-likeness (QED) is 0.289. The summed E-state index contributed by atoms with van der Waals surface area (Å²) < 4.78 is 52.2. The van der Waals surface area contributed by atoms with Crippen molar-refractivity contribution in [2.75, 3.05) is 37.7 Å². The van der Waals surface area contributed by atoms with Crippen LogP contribution in [0.5, 0.6) is 11.8 Å². The maximum Gasteiger partial charge on any atom is 0.319 e. The average molecular weight is 608 g/mol. The van der Waals surface area contributed by atoms with Gasteiger partial charge in [0.25, 0.3) is 0 Å². The van der Waals surface area contributed by atoms with Gasteiger partial charge < -0.3 is 19.8 Å². The van der Waals surface area contributed by atoms with E-state index in [1.54, 1.807) is 13.0 Å². The summed E-state index contributed by atoms with van der Waals surface area (Å²) in [7, 11) is 0. The van der Waals surface area contributed by atoms with Gasteiger partial charge in [0.1, 0.15) is 41.4 Å². The van der Waals surface area contributed by atoms with E-state index in [9.17, 15) is 19.0 Å². The molecule has 5 heterocycles. The van der Waals surface area contributed by atoms with E-state index in [0.29, 0.717) is 66.3 Å². The number of alkyl halides is 1. The number of aromatic hydroxyl groups is 1. The first kappa shape index (κ1) is 29.0. The molecule has 0 radical (unpaired) electrons. The number of hydrogen-bond donors (Lipinski definition) is 2. The Morgan fingerprint density at radius 2 is 1.93 bits per heavy atom. The van der Waals surface area contributed by atoms with Crippen LogP contribution < -0.4 is 9.64 Å². The molecular weight excluding hydrogens is 571 g/mol. The van der Waals surface area contributed by atoms with Crippen molar-refractivity contribution in [1.82, 2.24) is 19.9 Å². The third-order valence-electron chi connectivity index (χ3n) is 9.61. The molecule has 3 aliphatic rings. The Labute approximate surface area is 253 Å². The van der Waals surface area contributed by atoms with Crippen molar-refractivity contribution in [3.8, 4) is 23.0 Å². The number of aryl methyl sites for hydroxylation is 1. The summed E-state index contributed by atoms with van der Waals surface area (Å²) in [4.78, 5) is 17.7. The topological polar surface area (TPSA) is 94.8 Å². The van der Waals surface area contributed by atoms with Crippen LogP contribution in [0.25, 0.3) is 32.9 Å². The molecule has 0 saturated carbocycles. The normalized spacial score (nSPS) is 25.7. The number of rotatable bonds is 6. The maximum absolute atomic E-state index is 16.7. The number of phenolic OH excluding ortho intramolecular Hbond substituents is 1. The highest BCUT2D eigenvalue weighted by molar-refractivity contribution is 6.01. The second-order valence-electron chi connectivity index (χ2n) is 12.9. The van der Waals surface area contributed by atoms with Crippen LogP contribution in [0.4, 0.5) is 19.0 Å². The predicted molar refractivity (Wildman–Crippen MR) is 162 cm³/mol. The molecular formula is C33H36F3N5O3. The minimum absolute atomic E-state index is 0.0401. The number of piperidine rings is 1. The number of β-amino-alcohol motifs (C(OH)–C–C–N with tert-alkyl or cyclic N) is 1. The van der Waals surface area contributed by atoms with E-state index in [4.69, 9.17) is 9.72 Å². The lowest BCUT2D eigenvalue weighted by Gasteiger charge is -2.38. The number of halogens is 3. The lowest BCUT2D eigenvalue weighted by molar-refractivity contribution is 0.0447. The highest BCUT2D eigenvalue weighted by Crippen LogP contribution is 2.42. The molecule has 4 aromatic rings. The molecule has 3 saturated heterocycles. The van der Waals surface area contributed by atoms with Crippen LogP contribution in [0.1, 0.15) is 51.5 Å². The smallest absolute Gasteiger partial charge is 0.319 e. The van der Waals surface area contributed by atoms with Crippen LogP contribution in [0.2, 0.25) is 0 Å². The van der Waals surface area contributed by atoms with Gasteiger partial charge in [-0.15, -0.1) is 0 Å². The summed E-state index contributed by atoms with van der Waals surface area (Å²) in [6, 6.07) is 5.75. The van der Waals surface area contributed by atoms with Crippen LogP contribution in [0, 0.1) is 11.6 Å². The van der Waals surface area contributed by atoms with Gasteiger partial charge in [-0.05, 0) is 80.1 Å². The van der Waals surface area contributed by atoms with Gasteiger partial charge in [0, 0.05) is 37.8 Å². The van der Waals surface area contributed by atoms with Crippen molar-refractivity contribution in [1.29, 1.82) is 0 Å². The Hall–Kier alpha value is -3.70. The van der Waals surface area contributed by atoms with Crippen LogP contribution in [-0.2, 0) is 6.42 Å². The molecule has 2 aromatic heterocycles. The maximum atomic E-state index is 16.7. The summed E-state index contributed by atoms with van der Waals surface area (Å²) in [6.07, 6.45) is 4.36. The fourth-order valence-corrected chi connectivity index (χ4v) is 7.60. The van der Waals surface area contributed by atoms with Crippen molar-refractivity contribution in [3.63, 3.8) is 0 Å². The van der Waals surface area contributed by atoms with Crippen LogP contribution in [0.3, 0.4) is 0 Å². The third kappa shape index (κ3) is 4.90. The first-order valence-electron chi connectivity index (χ1n) is 15.4. The van der Waals surface area contributed by atoms with E-state index in [0.717, 1.165) is 19.4 Å². The molecule has 2 unspecified atom stereocenters. The first-order chi connectivity index (χ1) is 21.1. The van der Waals surface area contributed by atoms with E-state index in [1.165, 1.54) is 24.4 Å².